The van der Waals surface area contributed by atoms with Gasteiger partial charge < -0.3 is 21.7 Å². The maximum atomic E-state index is 12.2. The average Bonchev–Trinajstić information content (AvgIpc) is 2.84. The monoisotopic (exact) mass is 358 g/mol. The fourth-order valence-electron chi connectivity index (χ4n) is 3.75. The van der Waals surface area contributed by atoms with Gasteiger partial charge in [-0.15, -0.1) is 0 Å². The van der Waals surface area contributed by atoms with E-state index in [1.54, 1.807) is 6.92 Å². The van der Waals surface area contributed by atoms with Crippen molar-refractivity contribution in [1.29, 1.82) is 0 Å². The number of aromatic nitrogens is 2. The van der Waals surface area contributed by atoms with Gasteiger partial charge >= 0.3 is 0 Å². The van der Waals surface area contributed by atoms with E-state index >= 15 is 0 Å². The maximum absolute atomic E-state index is 12.2. The molecule has 1 aromatic heterocycles. The van der Waals surface area contributed by atoms with E-state index in [2.05, 4.69) is 21.4 Å². The van der Waals surface area contributed by atoms with Gasteiger partial charge in [0, 0.05) is 31.6 Å². The Morgan fingerprint density at radius 1 is 1.27 bits per heavy atom. The van der Waals surface area contributed by atoms with E-state index in [1.807, 2.05) is 4.90 Å². The van der Waals surface area contributed by atoms with E-state index in [9.17, 15) is 4.79 Å². The number of fused-ring (bicyclic) bond motifs is 1. The number of rotatable bonds is 5. The third kappa shape index (κ3) is 4.52. The maximum Gasteiger partial charge on any atom is 0.239 e. The molecule has 1 aromatic rings. The number of nitrogen functional groups attached to an aromatic ring is 1. The van der Waals surface area contributed by atoms with Crippen LogP contribution in [0.2, 0.25) is 0 Å². The number of anilines is 2. The summed E-state index contributed by atoms with van der Waals surface area (Å²) in [6.07, 6.45) is 9.83. The van der Waals surface area contributed by atoms with E-state index < -0.39 is 6.04 Å². The van der Waals surface area contributed by atoms with Crippen molar-refractivity contribution in [3.8, 4) is 0 Å². The zero-order valence-electron chi connectivity index (χ0n) is 15.6. The SMILES string of the molecule is C[C@H](N)C(=O)N1CCc2nc(N)nc(NCCC3=CCCCC3)c2CC1. The molecule has 2 heterocycles. The van der Waals surface area contributed by atoms with Crippen LogP contribution in [0.3, 0.4) is 0 Å². The molecule has 142 valence electrons. The summed E-state index contributed by atoms with van der Waals surface area (Å²) in [5.41, 5.74) is 15.2. The summed E-state index contributed by atoms with van der Waals surface area (Å²) in [6.45, 7) is 3.83. The van der Waals surface area contributed by atoms with Gasteiger partial charge in [0.15, 0.2) is 0 Å². The molecule has 0 unspecified atom stereocenters. The van der Waals surface area contributed by atoms with Crippen molar-refractivity contribution in [2.75, 3.05) is 30.7 Å². The van der Waals surface area contributed by atoms with E-state index in [1.165, 1.54) is 31.3 Å². The Bertz CT molecular complexity index is 685. The number of carbonyl (C=O) groups excluding carboxylic acids is 1. The second kappa shape index (κ2) is 8.49. The zero-order valence-corrected chi connectivity index (χ0v) is 15.6. The van der Waals surface area contributed by atoms with Crippen molar-refractivity contribution < 1.29 is 4.79 Å². The number of carbonyl (C=O) groups is 1. The first-order chi connectivity index (χ1) is 12.5. The minimum atomic E-state index is -0.478. The van der Waals surface area contributed by atoms with Gasteiger partial charge in [-0.2, -0.15) is 4.98 Å². The summed E-state index contributed by atoms with van der Waals surface area (Å²) in [5, 5.41) is 3.46. The molecule has 0 saturated carbocycles. The van der Waals surface area contributed by atoms with Crippen LogP contribution in [0.15, 0.2) is 11.6 Å². The Hall–Kier alpha value is -2.15. The van der Waals surface area contributed by atoms with Crippen molar-refractivity contribution in [3.05, 3.63) is 22.9 Å². The van der Waals surface area contributed by atoms with Gasteiger partial charge in [-0.25, -0.2) is 4.98 Å². The number of amides is 1. The molecular formula is C19H30N6O. The highest BCUT2D eigenvalue weighted by atomic mass is 16.2. The minimum Gasteiger partial charge on any atom is -0.369 e. The molecule has 1 aliphatic heterocycles. The third-order valence-electron chi connectivity index (χ3n) is 5.19. The molecule has 26 heavy (non-hydrogen) atoms. The summed E-state index contributed by atoms with van der Waals surface area (Å²) < 4.78 is 0. The van der Waals surface area contributed by atoms with Crippen LogP contribution in [0.1, 0.15) is 50.3 Å². The number of nitrogens with one attached hydrogen (secondary N) is 1. The van der Waals surface area contributed by atoms with Gasteiger partial charge in [-0.1, -0.05) is 11.6 Å². The second-order valence-electron chi connectivity index (χ2n) is 7.25. The molecule has 0 bridgehead atoms. The lowest BCUT2D eigenvalue weighted by Gasteiger charge is -2.22. The topological polar surface area (TPSA) is 110 Å². The van der Waals surface area contributed by atoms with E-state index in [0.717, 1.165) is 36.5 Å². The predicted octanol–water partition coefficient (Wildman–Crippen LogP) is 1.64. The fourth-order valence-corrected chi connectivity index (χ4v) is 3.75. The summed E-state index contributed by atoms with van der Waals surface area (Å²) in [5.74, 6) is 1.09. The first-order valence-corrected chi connectivity index (χ1v) is 9.66. The fraction of sp³-hybridized carbons (Fsp3) is 0.632. The summed E-state index contributed by atoms with van der Waals surface area (Å²) in [4.78, 5) is 22.9. The molecule has 1 amide bonds. The first-order valence-electron chi connectivity index (χ1n) is 9.66. The molecule has 2 aliphatic rings. The summed E-state index contributed by atoms with van der Waals surface area (Å²) in [6, 6.07) is -0.478. The van der Waals surface area contributed by atoms with Crippen LogP contribution >= 0.6 is 0 Å². The van der Waals surface area contributed by atoms with Crippen molar-refractivity contribution in [2.24, 2.45) is 5.73 Å². The standard InChI is InChI=1S/C19H30N6O/c1-13(20)18(26)25-11-8-15-16(9-12-25)23-19(21)24-17(15)22-10-7-14-5-3-2-4-6-14/h5,13H,2-4,6-12,20H2,1H3,(H3,21,22,23,24)/t13-/m0/s1. The third-order valence-corrected chi connectivity index (χ3v) is 5.19. The first kappa shape index (κ1) is 18.6. The molecule has 1 aliphatic carbocycles. The molecular weight excluding hydrogens is 328 g/mol. The molecule has 0 fully saturated rings. The molecule has 5 N–H and O–H groups in total. The molecule has 0 spiro atoms. The van der Waals surface area contributed by atoms with Crippen LogP contribution in [-0.4, -0.2) is 46.5 Å². The van der Waals surface area contributed by atoms with Gasteiger partial charge in [-0.05, 0) is 45.4 Å². The van der Waals surface area contributed by atoms with Crippen molar-refractivity contribution >= 4 is 17.7 Å². The highest BCUT2D eigenvalue weighted by Crippen LogP contribution is 2.24. The zero-order chi connectivity index (χ0) is 18.5. The predicted molar refractivity (Wildman–Crippen MR) is 104 cm³/mol. The van der Waals surface area contributed by atoms with Gasteiger partial charge in [0.25, 0.3) is 0 Å². The van der Waals surface area contributed by atoms with Crippen LogP contribution in [0, 0.1) is 0 Å². The Kier molecular flexibility index (Phi) is 6.08. The molecule has 7 nitrogen and oxygen atoms in total. The normalized spacial score (nSPS) is 18.5. The number of allylic oxidation sites excluding steroid dienone is 1. The highest BCUT2D eigenvalue weighted by molar-refractivity contribution is 5.81. The Morgan fingerprint density at radius 3 is 2.81 bits per heavy atom. The number of hydrogen-bond donors (Lipinski definition) is 3. The lowest BCUT2D eigenvalue weighted by Crippen LogP contribution is -2.43. The lowest BCUT2D eigenvalue weighted by molar-refractivity contribution is -0.132. The smallest absolute Gasteiger partial charge is 0.239 e. The quantitative estimate of drug-likeness (QED) is 0.690. The van der Waals surface area contributed by atoms with E-state index in [-0.39, 0.29) is 11.9 Å². The van der Waals surface area contributed by atoms with Crippen LogP contribution in [-0.2, 0) is 17.6 Å². The van der Waals surface area contributed by atoms with Crippen LogP contribution in [0.4, 0.5) is 11.8 Å². The molecule has 3 rings (SSSR count). The molecule has 0 saturated heterocycles. The van der Waals surface area contributed by atoms with Crippen LogP contribution < -0.4 is 16.8 Å². The number of nitrogens with two attached hydrogens (primary N) is 2. The minimum absolute atomic E-state index is 0.0162. The van der Waals surface area contributed by atoms with Gasteiger partial charge in [0.05, 0.1) is 11.7 Å². The van der Waals surface area contributed by atoms with Gasteiger partial charge in [0.1, 0.15) is 5.82 Å². The Morgan fingerprint density at radius 2 is 2.08 bits per heavy atom. The van der Waals surface area contributed by atoms with E-state index in [0.29, 0.717) is 19.5 Å². The van der Waals surface area contributed by atoms with Gasteiger partial charge in [0.2, 0.25) is 11.9 Å². The summed E-state index contributed by atoms with van der Waals surface area (Å²) in [7, 11) is 0. The van der Waals surface area contributed by atoms with Crippen molar-refractivity contribution in [2.45, 2.75) is 57.9 Å². The Labute approximate surface area is 155 Å². The largest absolute Gasteiger partial charge is 0.369 e. The van der Waals surface area contributed by atoms with E-state index in [4.69, 9.17) is 11.5 Å². The highest BCUT2D eigenvalue weighted by Gasteiger charge is 2.24. The summed E-state index contributed by atoms with van der Waals surface area (Å²) >= 11 is 0. The van der Waals surface area contributed by atoms with Crippen molar-refractivity contribution in [1.82, 2.24) is 14.9 Å². The van der Waals surface area contributed by atoms with Gasteiger partial charge in [-0.3, -0.25) is 4.79 Å². The van der Waals surface area contributed by atoms with Crippen LogP contribution in [0.25, 0.3) is 0 Å². The molecule has 0 aromatic carbocycles. The molecule has 7 heteroatoms. The lowest BCUT2D eigenvalue weighted by atomic mass is 9.97. The molecule has 1 atom stereocenters. The number of hydrogen-bond acceptors (Lipinski definition) is 6. The second-order valence-corrected chi connectivity index (χ2v) is 7.25. The average molecular weight is 358 g/mol. The molecule has 0 radical (unpaired) electrons. The van der Waals surface area contributed by atoms with Crippen molar-refractivity contribution in [3.63, 3.8) is 0 Å². The Balaban J connectivity index is 1.68. The van der Waals surface area contributed by atoms with Crippen LogP contribution in [0.5, 0.6) is 0 Å². The number of nitrogens with zero attached hydrogens (tertiary/aromatic N) is 3.